The van der Waals surface area contributed by atoms with Gasteiger partial charge in [-0.25, -0.2) is 28.9 Å². The molecule has 36 heteroatoms. The van der Waals surface area contributed by atoms with E-state index in [2.05, 4.69) is 120 Å². The van der Waals surface area contributed by atoms with Crippen molar-refractivity contribution in [2.75, 3.05) is 106 Å². The van der Waals surface area contributed by atoms with Crippen LogP contribution < -0.4 is 54.8 Å². The number of imidazole rings is 2. The third kappa shape index (κ3) is 19.0. The summed E-state index contributed by atoms with van der Waals surface area (Å²) in [6.07, 6.45) is 7.97. The maximum atomic E-state index is 11.8. The lowest BCUT2D eigenvalue weighted by atomic mass is 9.79. The van der Waals surface area contributed by atoms with Gasteiger partial charge in [0.1, 0.15) is 17.3 Å². The normalized spacial score (nSPS) is 19.5. The van der Waals surface area contributed by atoms with Gasteiger partial charge < -0.3 is 84.3 Å². The molecule has 12 aromatic rings. The average Bonchev–Trinajstić information content (AvgIpc) is 1.60. The molecule has 6 aromatic carbocycles. The van der Waals surface area contributed by atoms with Crippen LogP contribution in [0.25, 0.3) is 55.5 Å². The second kappa shape index (κ2) is 35.4. The molecular formula is C86H108B3ClN20O12. The Kier molecular flexibility index (Phi) is 25.0. The number of hydrogen-bond acceptors (Lipinski definition) is 25. The molecule has 0 atom stereocenters. The van der Waals surface area contributed by atoms with Crippen LogP contribution in [0.4, 0.5) is 34.4 Å². The molecule has 10 N–H and O–H groups in total. The predicted octanol–water partition coefficient (Wildman–Crippen LogP) is 10.3. The fourth-order valence-electron chi connectivity index (χ4n) is 15.7. The van der Waals surface area contributed by atoms with Crippen molar-refractivity contribution in [3.05, 3.63) is 193 Å². The van der Waals surface area contributed by atoms with E-state index in [4.69, 9.17) is 86.4 Å². The number of rotatable bonds is 13. The number of likely N-dealkylation sites (tertiary alicyclic amines) is 2. The number of halogens is 1. The number of nitrogens with one attached hydrogen (secondary N) is 4. The van der Waals surface area contributed by atoms with Gasteiger partial charge in [0.15, 0.2) is 17.1 Å². The van der Waals surface area contributed by atoms with E-state index < -0.39 is 30.4 Å². The summed E-state index contributed by atoms with van der Waals surface area (Å²) < 4.78 is 50.7. The Morgan fingerprint density at radius 1 is 0.451 bits per heavy atom. The van der Waals surface area contributed by atoms with Crippen LogP contribution in [0.5, 0.6) is 0 Å². The van der Waals surface area contributed by atoms with Gasteiger partial charge in [-0.1, -0.05) is 78.9 Å². The Morgan fingerprint density at radius 3 is 1.28 bits per heavy atom. The fraction of sp³-hybridized carbons (Fsp3) is 0.442. The second-order valence-electron chi connectivity index (χ2n) is 35.0. The third-order valence-electron chi connectivity index (χ3n) is 25.0. The number of nitro benzene ring substituents is 1. The number of nitro groups is 1. The largest absolute Gasteiger partial charge is 0.495 e. The first kappa shape index (κ1) is 86.4. The van der Waals surface area contributed by atoms with E-state index in [9.17, 15) is 19.7 Å². The van der Waals surface area contributed by atoms with Crippen molar-refractivity contribution in [1.82, 2.24) is 69.2 Å². The molecule has 0 spiro atoms. The average molecular weight is 1680 g/mol. The highest BCUT2D eigenvalue weighted by Crippen LogP contribution is 2.41. The molecule has 122 heavy (non-hydrogen) atoms. The minimum absolute atomic E-state index is 0.130. The molecule has 19 rings (SSSR count). The highest BCUT2D eigenvalue weighted by molar-refractivity contribution is 6.63. The molecular weight excluding hydrogens is 1570 g/mol. The minimum atomic E-state index is -0.621. The first-order chi connectivity index (χ1) is 58.1. The summed E-state index contributed by atoms with van der Waals surface area (Å²) in [6, 6.07) is 43.4. The van der Waals surface area contributed by atoms with Crippen LogP contribution in [-0.4, -0.2) is 208 Å². The molecule has 6 aromatic heterocycles. The van der Waals surface area contributed by atoms with E-state index in [1.807, 2.05) is 138 Å². The molecule has 7 aliphatic rings. The predicted molar refractivity (Wildman–Crippen MR) is 478 cm³/mol. The lowest BCUT2D eigenvalue weighted by molar-refractivity contribution is -0.383. The van der Waals surface area contributed by atoms with Crippen LogP contribution >= 0.6 is 11.6 Å². The van der Waals surface area contributed by atoms with Gasteiger partial charge in [0, 0.05) is 77.1 Å². The zero-order valence-electron chi connectivity index (χ0n) is 71.3. The molecule has 7 saturated heterocycles. The number of benzene rings is 6. The summed E-state index contributed by atoms with van der Waals surface area (Å²) >= 11 is 6.29. The number of nitrogens with two attached hydrogens (primary N) is 3. The Labute approximate surface area is 713 Å². The number of ether oxygens (including phenoxy) is 2. The Bertz CT molecular complexity index is 5770. The van der Waals surface area contributed by atoms with E-state index in [1.165, 1.54) is 23.3 Å². The summed E-state index contributed by atoms with van der Waals surface area (Å²) in [5.74, 6) is 2.39. The Hall–Kier alpha value is -10.6. The first-order valence-electron chi connectivity index (χ1n) is 41.7. The molecule has 0 radical (unpaired) electrons. The molecule has 0 aliphatic carbocycles. The molecule has 7 fully saturated rings. The Balaban J connectivity index is 0.000000123. The number of aromatic nitrogens is 12. The van der Waals surface area contributed by atoms with E-state index in [-0.39, 0.29) is 63.6 Å². The number of fused-ring (bicyclic) bond motifs is 4. The number of morpholine rings is 2. The molecule has 0 unspecified atom stereocenters. The number of nitrogen functional groups attached to an aromatic ring is 3. The molecule has 640 valence electrons. The van der Waals surface area contributed by atoms with Gasteiger partial charge in [-0.15, -0.1) is 0 Å². The van der Waals surface area contributed by atoms with Crippen molar-refractivity contribution < 1.29 is 42.3 Å². The number of hydrogen-bond donors (Lipinski definition) is 7. The Morgan fingerprint density at radius 2 is 0.836 bits per heavy atom. The van der Waals surface area contributed by atoms with Crippen molar-refractivity contribution in [3.63, 3.8) is 0 Å². The topological polar surface area (TPSA) is 392 Å². The zero-order valence-corrected chi connectivity index (χ0v) is 72.0. The van der Waals surface area contributed by atoms with Crippen molar-refractivity contribution in [2.24, 2.45) is 0 Å². The number of aromatic amines is 4. The van der Waals surface area contributed by atoms with Crippen LogP contribution in [0.1, 0.15) is 132 Å². The summed E-state index contributed by atoms with van der Waals surface area (Å²) in [6.45, 7) is 35.9. The van der Waals surface area contributed by atoms with Crippen molar-refractivity contribution >= 4 is 128 Å². The van der Waals surface area contributed by atoms with E-state index in [0.717, 1.165) is 163 Å². The molecule has 0 bridgehead atoms. The van der Waals surface area contributed by atoms with Crippen LogP contribution in [0.3, 0.4) is 0 Å². The highest BCUT2D eigenvalue weighted by Gasteiger charge is 2.54. The molecule has 0 amide bonds. The molecule has 0 saturated carbocycles. The van der Waals surface area contributed by atoms with Gasteiger partial charge in [0.25, 0.3) is 5.69 Å². The van der Waals surface area contributed by atoms with Crippen LogP contribution in [0, 0.1) is 10.1 Å². The maximum Gasteiger partial charge on any atom is 0.495 e. The number of piperidine rings is 2. The van der Waals surface area contributed by atoms with Crippen molar-refractivity contribution in [1.29, 1.82) is 0 Å². The van der Waals surface area contributed by atoms with E-state index >= 15 is 0 Å². The second-order valence-corrected chi connectivity index (χ2v) is 35.3. The van der Waals surface area contributed by atoms with Crippen LogP contribution in [-0.2, 0) is 50.5 Å². The van der Waals surface area contributed by atoms with Crippen LogP contribution in [0.2, 0.25) is 5.28 Å². The SMILES string of the molecule is CC1(C)OB(c2ccc(N)c(N)c2)OC1(C)C.CC1(C)OB(c2ccc(N)c([N+](=O)[O-])c2)OC1(C)C.CC1(C)OB(c2ccc3[nH]c(=O)[nH]c3c2)OC1(C)C.Clc1nc(N2CCOCC2)c2cnn(C3CCN(Cc4ccccc4)CC3)c2n1.O=c1[nH]c2ccc(-c3nc(N4CCOCC4)c4cnn(C5CCN(Cc6ccccc6)CC5)c4n3)cc2[nH]1. The third-order valence-corrected chi connectivity index (χ3v) is 25.2. The smallest absolute Gasteiger partial charge is 0.399 e. The highest BCUT2D eigenvalue weighted by atomic mass is 35.5. The first-order valence-corrected chi connectivity index (χ1v) is 42.1. The van der Waals surface area contributed by atoms with Gasteiger partial charge in [0.05, 0.1) is 134 Å². The van der Waals surface area contributed by atoms with Crippen molar-refractivity contribution in [3.8, 4) is 11.4 Å². The van der Waals surface area contributed by atoms with Gasteiger partial charge in [0.2, 0.25) is 5.28 Å². The van der Waals surface area contributed by atoms with Crippen LogP contribution in [0.15, 0.2) is 155 Å². The minimum Gasteiger partial charge on any atom is -0.399 e. The van der Waals surface area contributed by atoms with Gasteiger partial charge in [-0.2, -0.15) is 20.2 Å². The number of H-pyrrole nitrogens is 4. The standard InChI is InChI=1S/C28H30N8O2.C21H25ClN6O.C13H17BN2O3.C12H17BN2O4.C12H19BN2O2/c37-28-30-23-7-6-20(16-24(23)31-28)25-32-26(35-12-14-38-15-13-35)22-17-29-36(27(22)33-25)21-8-10-34(11-9-21)18-19-4-2-1-3-5-19;22-21-24-19(27-10-12-29-13-11-27)18-14-23-28(20(18)25-21)17-6-8-26(9-7-17)15-16-4-2-1-3-5-16;1-12(2)13(3,4)19-14(18-12)8-5-6-9-10(7-8)16-11(17)15-9;1-11(2)12(3,4)19-13(18-11)8-5-6-9(14)10(7-8)15(16)17;1-11(2)12(3,4)17-13(16-11)8-5-6-9(14)10(15)7-8/h1-7,16-17,21H,8-15,18H2,(H2,30,31,37);1-5,14,17H,6-13,15H2;5-7H,1-4H3,(H2,15,16,17);5-7H,14H2,1-4H3;5-7H,14-15H2,1-4H3. The van der Waals surface area contributed by atoms with Gasteiger partial charge in [-0.05, 0) is 196 Å². The number of anilines is 5. The lowest BCUT2D eigenvalue weighted by Crippen LogP contribution is -2.41. The maximum absolute atomic E-state index is 11.8. The zero-order chi connectivity index (χ0) is 86.2. The summed E-state index contributed by atoms with van der Waals surface area (Å²) in [7, 11) is -1.42. The molecule has 13 heterocycles. The fourth-order valence-corrected chi connectivity index (χ4v) is 15.9. The van der Waals surface area contributed by atoms with Gasteiger partial charge in [-0.3, -0.25) is 19.9 Å². The quantitative estimate of drug-likeness (QED) is 0.0185. The molecule has 7 aliphatic heterocycles. The summed E-state index contributed by atoms with van der Waals surface area (Å²) in [4.78, 5) is 73.2. The number of nitrogens with zero attached hydrogens (tertiary/aromatic N) is 13. The lowest BCUT2D eigenvalue weighted by Gasteiger charge is -2.32. The molecule has 32 nitrogen and oxygen atoms in total. The van der Waals surface area contributed by atoms with Crippen molar-refractivity contribution in [2.45, 2.75) is 168 Å². The summed E-state index contributed by atoms with van der Waals surface area (Å²) in [5.41, 5.74) is 26.1. The van der Waals surface area contributed by atoms with E-state index in [1.54, 1.807) is 18.2 Å². The van der Waals surface area contributed by atoms with Gasteiger partial charge >= 0.3 is 32.7 Å². The monoisotopic (exact) mass is 1680 g/mol. The van der Waals surface area contributed by atoms with E-state index in [0.29, 0.717) is 55.1 Å². The summed E-state index contributed by atoms with van der Waals surface area (Å²) in [5, 5.41) is 22.7.